The molecule has 23 heavy (non-hydrogen) atoms. The van der Waals surface area contributed by atoms with E-state index in [0.29, 0.717) is 18.8 Å². The summed E-state index contributed by atoms with van der Waals surface area (Å²) in [5.74, 6) is -0.00169. The van der Waals surface area contributed by atoms with Crippen LogP contribution >= 0.6 is 15.9 Å². The van der Waals surface area contributed by atoms with Gasteiger partial charge in [0.2, 0.25) is 0 Å². The number of amides is 1. The Balaban J connectivity index is 1.89. The topological polar surface area (TPSA) is 66.8 Å². The van der Waals surface area contributed by atoms with Gasteiger partial charge in [0, 0.05) is 19.5 Å². The Hall–Kier alpha value is -1.56. The molecule has 1 unspecified atom stereocenters. The van der Waals surface area contributed by atoms with Crippen molar-refractivity contribution in [3.8, 4) is 5.75 Å². The molecule has 1 fully saturated rings. The van der Waals surface area contributed by atoms with Crippen molar-refractivity contribution >= 4 is 27.8 Å². The van der Waals surface area contributed by atoms with Crippen LogP contribution in [0.4, 0.5) is 0 Å². The molecule has 2 rings (SSSR count). The number of aliphatic carboxylic acids is 1. The highest BCUT2D eigenvalue weighted by molar-refractivity contribution is 9.10. The second-order valence-electron chi connectivity index (χ2n) is 6.06. The lowest BCUT2D eigenvalue weighted by Gasteiger charge is -2.33. The lowest BCUT2D eigenvalue weighted by atomic mass is 9.93. The Morgan fingerprint density at radius 1 is 1.39 bits per heavy atom. The van der Waals surface area contributed by atoms with Crippen LogP contribution in [-0.2, 0) is 9.59 Å². The largest absolute Gasteiger partial charge is 0.481 e. The first kappa shape index (κ1) is 17.8. The molecule has 1 atom stereocenters. The Bertz CT molecular complexity index is 582. The maximum atomic E-state index is 12.5. The molecule has 1 aliphatic heterocycles. The first-order chi connectivity index (χ1) is 10.9. The quantitative estimate of drug-likeness (QED) is 0.847. The second-order valence-corrected chi connectivity index (χ2v) is 6.91. The second kappa shape index (κ2) is 7.81. The van der Waals surface area contributed by atoms with Crippen LogP contribution in [0.15, 0.2) is 22.7 Å². The molecule has 1 N–H and O–H groups in total. The van der Waals surface area contributed by atoms with Crippen molar-refractivity contribution in [2.75, 3.05) is 13.1 Å². The number of carboxylic acid groups (broad SMARTS) is 1. The van der Waals surface area contributed by atoms with Gasteiger partial charge >= 0.3 is 5.97 Å². The number of benzene rings is 1. The Morgan fingerprint density at radius 3 is 2.61 bits per heavy atom. The highest BCUT2D eigenvalue weighted by Gasteiger charge is 2.28. The van der Waals surface area contributed by atoms with Gasteiger partial charge in [-0.1, -0.05) is 6.07 Å². The van der Waals surface area contributed by atoms with Gasteiger partial charge in [-0.2, -0.15) is 0 Å². The van der Waals surface area contributed by atoms with Crippen molar-refractivity contribution in [3.05, 3.63) is 28.2 Å². The molecule has 6 heteroatoms. The zero-order valence-electron chi connectivity index (χ0n) is 13.4. The Labute approximate surface area is 144 Å². The van der Waals surface area contributed by atoms with Crippen molar-refractivity contribution in [3.63, 3.8) is 0 Å². The van der Waals surface area contributed by atoms with Gasteiger partial charge in [-0.15, -0.1) is 0 Å². The highest BCUT2D eigenvalue weighted by atomic mass is 79.9. The van der Waals surface area contributed by atoms with Crippen LogP contribution in [-0.4, -0.2) is 41.1 Å². The first-order valence-corrected chi connectivity index (χ1v) is 8.59. The van der Waals surface area contributed by atoms with Gasteiger partial charge in [-0.3, -0.25) is 9.59 Å². The third kappa shape index (κ3) is 4.96. The molecular weight excluding hydrogens is 362 g/mol. The van der Waals surface area contributed by atoms with E-state index >= 15 is 0 Å². The van der Waals surface area contributed by atoms with Crippen LogP contribution < -0.4 is 4.74 Å². The zero-order chi connectivity index (χ0) is 17.0. The van der Waals surface area contributed by atoms with Crippen molar-refractivity contribution < 1.29 is 19.4 Å². The van der Waals surface area contributed by atoms with Crippen LogP contribution in [0.1, 0.15) is 31.7 Å². The number of carbonyl (C=O) groups is 2. The molecule has 1 aromatic carbocycles. The number of aryl methyl sites for hydroxylation is 1. The summed E-state index contributed by atoms with van der Waals surface area (Å²) in [5.41, 5.74) is 1.11. The van der Waals surface area contributed by atoms with E-state index in [1.165, 1.54) is 0 Å². The molecule has 1 amide bonds. The van der Waals surface area contributed by atoms with E-state index in [1.807, 2.05) is 25.1 Å². The van der Waals surface area contributed by atoms with Gasteiger partial charge in [0.25, 0.3) is 5.91 Å². The highest BCUT2D eigenvalue weighted by Crippen LogP contribution is 2.27. The van der Waals surface area contributed by atoms with Crippen molar-refractivity contribution in [2.24, 2.45) is 5.92 Å². The number of halogens is 1. The van der Waals surface area contributed by atoms with Crippen LogP contribution in [0.2, 0.25) is 0 Å². The molecule has 0 aromatic heterocycles. The minimum atomic E-state index is -0.768. The normalized spacial score (nSPS) is 16.9. The van der Waals surface area contributed by atoms with E-state index in [-0.39, 0.29) is 18.2 Å². The molecule has 0 saturated carbocycles. The summed E-state index contributed by atoms with van der Waals surface area (Å²) in [6, 6.07) is 5.74. The minimum Gasteiger partial charge on any atom is -0.481 e. The van der Waals surface area contributed by atoms with Crippen molar-refractivity contribution in [1.82, 2.24) is 4.90 Å². The average Bonchev–Trinajstić information content (AvgIpc) is 2.49. The predicted molar refractivity (Wildman–Crippen MR) is 90.5 cm³/mol. The van der Waals surface area contributed by atoms with Gasteiger partial charge in [0.05, 0.1) is 4.47 Å². The van der Waals surface area contributed by atoms with Crippen LogP contribution in [0, 0.1) is 12.8 Å². The predicted octanol–water partition coefficient (Wildman–Crippen LogP) is 3.24. The molecule has 1 aliphatic rings. The summed E-state index contributed by atoms with van der Waals surface area (Å²) in [7, 11) is 0. The Morgan fingerprint density at radius 2 is 2.04 bits per heavy atom. The lowest BCUT2D eigenvalue weighted by molar-refractivity contribution is -0.140. The number of hydrogen-bond acceptors (Lipinski definition) is 3. The van der Waals surface area contributed by atoms with E-state index < -0.39 is 12.1 Å². The van der Waals surface area contributed by atoms with Crippen LogP contribution in [0.25, 0.3) is 0 Å². The fraction of sp³-hybridized carbons (Fsp3) is 0.529. The number of carboxylic acids is 1. The first-order valence-electron chi connectivity index (χ1n) is 7.80. The van der Waals surface area contributed by atoms with E-state index in [0.717, 1.165) is 22.9 Å². The smallest absolute Gasteiger partial charge is 0.303 e. The van der Waals surface area contributed by atoms with Gasteiger partial charge in [0.15, 0.2) is 6.10 Å². The van der Waals surface area contributed by atoms with Crippen molar-refractivity contribution in [2.45, 2.75) is 39.2 Å². The molecule has 1 aromatic rings. The molecule has 1 saturated heterocycles. The summed E-state index contributed by atoms with van der Waals surface area (Å²) >= 11 is 3.45. The SMILES string of the molecule is Cc1ccc(OC(C)C(=O)N2CCC(CC(=O)O)CC2)c(Br)c1. The molecule has 0 spiro atoms. The van der Waals surface area contributed by atoms with Crippen molar-refractivity contribution in [1.29, 1.82) is 0 Å². The standard InChI is InChI=1S/C17H22BrNO4/c1-11-3-4-15(14(18)9-11)23-12(2)17(22)19-7-5-13(6-8-19)10-16(20)21/h3-4,9,12-13H,5-8,10H2,1-2H3,(H,20,21). The molecule has 1 heterocycles. The Kier molecular flexibility index (Phi) is 6.04. The number of likely N-dealkylation sites (tertiary alicyclic amines) is 1. The fourth-order valence-corrected chi connectivity index (χ4v) is 3.39. The van der Waals surface area contributed by atoms with Gasteiger partial charge < -0.3 is 14.7 Å². The van der Waals surface area contributed by atoms with Crippen LogP contribution in [0.5, 0.6) is 5.75 Å². The number of piperidine rings is 1. The lowest BCUT2D eigenvalue weighted by Crippen LogP contribution is -2.45. The number of rotatable bonds is 5. The van der Waals surface area contributed by atoms with Crippen LogP contribution in [0.3, 0.4) is 0 Å². The van der Waals surface area contributed by atoms with Gasteiger partial charge in [-0.25, -0.2) is 0 Å². The van der Waals surface area contributed by atoms with E-state index in [4.69, 9.17) is 9.84 Å². The zero-order valence-corrected chi connectivity index (χ0v) is 15.0. The summed E-state index contributed by atoms with van der Waals surface area (Å²) in [4.78, 5) is 25.0. The molecule has 0 aliphatic carbocycles. The molecule has 0 bridgehead atoms. The molecular formula is C17H22BrNO4. The molecule has 126 valence electrons. The summed E-state index contributed by atoms with van der Waals surface area (Å²) in [6.07, 6.45) is 1.09. The van der Waals surface area contributed by atoms with Gasteiger partial charge in [0.1, 0.15) is 5.75 Å². The summed E-state index contributed by atoms with van der Waals surface area (Å²) in [6.45, 7) is 4.93. The number of carbonyl (C=O) groups excluding carboxylic acids is 1. The third-order valence-electron chi connectivity index (χ3n) is 4.13. The number of ether oxygens (including phenoxy) is 1. The van der Waals surface area contributed by atoms with Gasteiger partial charge in [-0.05, 0) is 66.2 Å². The third-order valence-corrected chi connectivity index (χ3v) is 4.75. The summed E-state index contributed by atoms with van der Waals surface area (Å²) in [5, 5.41) is 8.83. The number of hydrogen-bond donors (Lipinski definition) is 1. The minimum absolute atomic E-state index is 0.0498. The molecule has 0 radical (unpaired) electrons. The number of nitrogens with zero attached hydrogens (tertiary/aromatic N) is 1. The maximum Gasteiger partial charge on any atom is 0.303 e. The maximum absolute atomic E-state index is 12.5. The van der Waals surface area contributed by atoms with E-state index in [9.17, 15) is 9.59 Å². The fourth-order valence-electron chi connectivity index (χ4n) is 2.80. The summed E-state index contributed by atoms with van der Waals surface area (Å²) < 4.78 is 6.61. The average molecular weight is 384 g/mol. The van der Waals surface area contributed by atoms with E-state index in [2.05, 4.69) is 15.9 Å². The monoisotopic (exact) mass is 383 g/mol. The molecule has 5 nitrogen and oxygen atoms in total. The van der Waals surface area contributed by atoms with E-state index in [1.54, 1.807) is 11.8 Å².